The molecule has 2 N–H and O–H groups in total. The van der Waals surface area contributed by atoms with Crippen molar-refractivity contribution in [2.75, 3.05) is 5.32 Å². The normalized spacial score (nSPS) is 12.5. The van der Waals surface area contributed by atoms with Crippen LogP contribution in [0.2, 0.25) is 0 Å². The van der Waals surface area contributed by atoms with Gasteiger partial charge in [-0.25, -0.2) is 18.5 Å². The highest BCUT2D eigenvalue weighted by atomic mass is 19.1. The number of halogens is 1. The van der Waals surface area contributed by atoms with Gasteiger partial charge in [-0.05, 0) is 68.7 Å². The Morgan fingerprint density at radius 2 is 1.85 bits per heavy atom. The zero-order valence-electron chi connectivity index (χ0n) is 17.7. The van der Waals surface area contributed by atoms with E-state index in [4.69, 9.17) is 0 Å². The molecule has 1 aliphatic carbocycles. The van der Waals surface area contributed by atoms with Crippen LogP contribution in [0.3, 0.4) is 0 Å². The van der Waals surface area contributed by atoms with Gasteiger partial charge in [0.25, 0.3) is 5.91 Å². The average Bonchev–Trinajstić information content (AvgIpc) is 3.49. The molecule has 0 radical (unpaired) electrons. The number of carboxylic acids is 1. The van der Waals surface area contributed by atoms with E-state index in [1.165, 1.54) is 23.0 Å². The van der Waals surface area contributed by atoms with Gasteiger partial charge in [0.1, 0.15) is 11.4 Å². The van der Waals surface area contributed by atoms with Crippen LogP contribution in [0.4, 0.5) is 10.1 Å². The van der Waals surface area contributed by atoms with E-state index in [0.29, 0.717) is 28.5 Å². The van der Waals surface area contributed by atoms with Crippen molar-refractivity contribution in [2.45, 2.75) is 26.2 Å². The molecule has 4 aromatic rings. The fourth-order valence-electron chi connectivity index (χ4n) is 4.20. The smallest absolute Gasteiger partial charge is 0.339 e. The first-order chi connectivity index (χ1) is 15.9. The maximum Gasteiger partial charge on any atom is 0.339 e. The first kappa shape index (κ1) is 20.6. The van der Waals surface area contributed by atoms with Crippen LogP contribution in [0.5, 0.6) is 0 Å². The van der Waals surface area contributed by atoms with Gasteiger partial charge >= 0.3 is 5.97 Å². The maximum atomic E-state index is 13.3. The lowest BCUT2D eigenvalue weighted by molar-refractivity contribution is 0.0696. The van der Waals surface area contributed by atoms with Gasteiger partial charge in [0.05, 0.1) is 23.3 Å². The van der Waals surface area contributed by atoms with Crippen LogP contribution in [-0.2, 0) is 12.8 Å². The Kier molecular flexibility index (Phi) is 5.01. The molecule has 0 atom stereocenters. The summed E-state index contributed by atoms with van der Waals surface area (Å²) in [5, 5.41) is 20.9. The van der Waals surface area contributed by atoms with Crippen molar-refractivity contribution in [3.8, 4) is 11.4 Å². The number of hydrogen-bond acceptors (Lipinski definition) is 4. The highest BCUT2D eigenvalue weighted by Gasteiger charge is 2.27. The summed E-state index contributed by atoms with van der Waals surface area (Å²) < 4.78 is 16.6. The lowest BCUT2D eigenvalue weighted by Gasteiger charge is -2.09. The van der Waals surface area contributed by atoms with E-state index in [2.05, 4.69) is 15.5 Å². The van der Waals surface area contributed by atoms with Gasteiger partial charge in [0, 0.05) is 16.9 Å². The Morgan fingerprint density at radius 3 is 2.58 bits per heavy atom. The average molecular weight is 445 g/mol. The molecule has 0 unspecified atom stereocenters. The zero-order chi connectivity index (χ0) is 23.1. The molecule has 0 fully saturated rings. The molecule has 0 spiro atoms. The molecule has 5 rings (SSSR count). The minimum atomic E-state index is -1.05. The van der Waals surface area contributed by atoms with Crippen molar-refractivity contribution >= 4 is 17.6 Å². The minimum absolute atomic E-state index is 0.117. The first-order valence-corrected chi connectivity index (χ1v) is 10.5. The number of carbonyl (C=O) groups excluding carboxylic acids is 1. The molecule has 8 nitrogen and oxygen atoms in total. The van der Waals surface area contributed by atoms with E-state index in [9.17, 15) is 19.1 Å². The zero-order valence-corrected chi connectivity index (χ0v) is 17.7. The number of nitrogens with one attached hydrogen (secondary N) is 1. The molecular weight excluding hydrogens is 425 g/mol. The van der Waals surface area contributed by atoms with E-state index in [1.54, 1.807) is 48.0 Å². The summed E-state index contributed by atoms with van der Waals surface area (Å²) in [5.41, 5.74) is 4.69. The number of amides is 1. The van der Waals surface area contributed by atoms with Crippen molar-refractivity contribution in [1.29, 1.82) is 0 Å². The Hall–Kier alpha value is -4.27. The Labute approximate surface area is 188 Å². The Morgan fingerprint density at radius 1 is 1.06 bits per heavy atom. The van der Waals surface area contributed by atoms with Crippen molar-refractivity contribution in [3.05, 3.63) is 88.8 Å². The molecule has 0 bridgehead atoms. The van der Waals surface area contributed by atoms with Crippen molar-refractivity contribution < 1.29 is 19.1 Å². The van der Waals surface area contributed by atoms with Gasteiger partial charge < -0.3 is 10.4 Å². The lowest BCUT2D eigenvalue weighted by atomic mass is 10.2. The molecule has 0 aliphatic heterocycles. The molecule has 1 amide bonds. The third-order valence-electron chi connectivity index (χ3n) is 5.81. The summed E-state index contributed by atoms with van der Waals surface area (Å²) in [7, 11) is 0. The second-order valence-electron chi connectivity index (χ2n) is 7.88. The fraction of sp³-hybridized carbons (Fsp3) is 0.167. The number of aromatic nitrogens is 4. The molecule has 0 saturated heterocycles. The molecule has 2 aromatic carbocycles. The topological polar surface area (TPSA) is 102 Å². The van der Waals surface area contributed by atoms with Gasteiger partial charge in [0.2, 0.25) is 0 Å². The molecule has 166 valence electrons. The monoisotopic (exact) mass is 445 g/mol. The second kappa shape index (κ2) is 8.01. The van der Waals surface area contributed by atoms with Crippen LogP contribution in [0, 0.1) is 12.7 Å². The van der Waals surface area contributed by atoms with Crippen LogP contribution in [0.1, 0.15) is 44.2 Å². The number of hydrogen-bond donors (Lipinski definition) is 2. The predicted octanol–water partition coefficient (Wildman–Crippen LogP) is 3.94. The van der Waals surface area contributed by atoms with Gasteiger partial charge in [-0.2, -0.15) is 10.2 Å². The van der Waals surface area contributed by atoms with E-state index >= 15 is 0 Å². The molecule has 1 aliphatic rings. The molecule has 2 heterocycles. The Bertz CT molecular complexity index is 1390. The van der Waals surface area contributed by atoms with Crippen LogP contribution in [-0.4, -0.2) is 36.5 Å². The minimum Gasteiger partial charge on any atom is -0.478 e. The standard InChI is InChI=1S/C24H20FN5O3/c1-14-20(24(32)33)13-26-29(14)18-5-2-4-16(12-18)27-23(31)22-19-6-3-7-21(19)30(28-22)17-10-8-15(25)9-11-17/h2,4-5,8-13H,3,6-7H2,1H3,(H,27,31)(H,32,33). The highest BCUT2D eigenvalue weighted by Crippen LogP contribution is 2.29. The molecule has 0 saturated carbocycles. The third-order valence-corrected chi connectivity index (χ3v) is 5.81. The van der Waals surface area contributed by atoms with Gasteiger partial charge in [-0.3, -0.25) is 4.79 Å². The quantitative estimate of drug-likeness (QED) is 0.484. The van der Waals surface area contributed by atoms with Crippen molar-refractivity contribution in [3.63, 3.8) is 0 Å². The maximum absolute atomic E-state index is 13.3. The van der Waals surface area contributed by atoms with E-state index in [0.717, 1.165) is 30.5 Å². The third kappa shape index (κ3) is 3.67. The van der Waals surface area contributed by atoms with E-state index < -0.39 is 5.97 Å². The molecule has 33 heavy (non-hydrogen) atoms. The van der Waals surface area contributed by atoms with Crippen LogP contribution < -0.4 is 5.32 Å². The number of nitrogens with zero attached hydrogens (tertiary/aromatic N) is 4. The van der Waals surface area contributed by atoms with Crippen LogP contribution >= 0.6 is 0 Å². The van der Waals surface area contributed by atoms with Gasteiger partial charge in [-0.15, -0.1) is 0 Å². The number of carbonyl (C=O) groups is 2. The highest BCUT2D eigenvalue weighted by molar-refractivity contribution is 6.04. The summed E-state index contributed by atoms with van der Waals surface area (Å²) in [6, 6.07) is 13.0. The summed E-state index contributed by atoms with van der Waals surface area (Å²) in [6.45, 7) is 1.67. The lowest BCUT2D eigenvalue weighted by Crippen LogP contribution is -2.15. The van der Waals surface area contributed by atoms with E-state index in [-0.39, 0.29) is 17.3 Å². The fourth-order valence-corrected chi connectivity index (χ4v) is 4.20. The van der Waals surface area contributed by atoms with Crippen LogP contribution in [0.15, 0.2) is 54.7 Å². The number of aromatic carboxylic acids is 1. The SMILES string of the molecule is Cc1c(C(=O)O)cnn1-c1cccc(NC(=O)c2nn(-c3ccc(F)cc3)c3c2CCC3)c1. The molecule has 2 aromatic heterocycles. The summed E-state index contributed by atoms with van der Waals surface area (Å²) in [5.74, 6) is -1.72. The van der Waals surface area contributed by atoms with E-state index in [1.807, 2.05) is 0 Å². The van der Waals surface area contributed by atoms with Gasteiger partial charge in [0.15, 0.2) is 5.69 Å². The summed E-state index contributed by atoms with van der Waals surface area (Å²) in [6.07, 6.45) is 3.78. The number of rotatable bonds is 5. The second-order valence-corrected chi connectivity index (χ2v) is 7.88. The number of benzene rings is 2. The molecule has 9 heteroatoms. The Balaban J connectivity index is 1.44. The van der Waals surface area contributed by atoms with Gasteiger partial charge in [-0.1, -0.05) is 6.07 Å². The number of anilines is 1. The first-order valence-electron chi connectivity index (χ1n) is 10.5. The number of carboxylic acid groups (broad SMARTS) is 1. The predicted molar refractivity (Wildman–Crippen MR) is 119 cm³/mol. The largest absolute Gasteiger partial charge is 0.478 e. The summed E-state index contributed by atoms with van der Waals surface area (Å²) >= 11 is 0. The van der Waals surface area contributed by atoms with Crippen molar-refractivity contribution in [2.24, 2.45) is 0 Å². The molecular formula is C24H20FN5O3. The number of fused-ring (bicyclic) bond motifs is 1. The van der Waals surface area contributed by atoms with Crippen molar-refractivity contribution in [1.82, 2.24) is 19.6 Å². The summed E-state index contributed by atoms with van der Waals surface area (Å²) in [4.78, 5) is 24.4. The van der Waals surface area contributed by atoms with Crippen LogP contribution in [0.25, 0.3) is 11.4 Å².